The van der Waals surface area contributed by atoms with Crippen molar-refractivity contribution >= 4 is 10.0 Å². The van der Waals surface area contributed by atoms with Crippen molar-refractivity contribution in [3.05, 3.63) is 42.4 Å². The molecule has 0 saturated carbocycles. The lowest BCUT2D eigenvalue weighted by atomic mass is 10.0. The van der Waals surface area contributed by atoms with Crippen LogP contribution in [-0.2, 0) is 10.0 Å². The average molecular weight is 265 g/mol. The molecule has 0 aliphatic carbocycles. The Morgan fingerprint density at radius 2 is 2.06 bits per heavy atom. The van der Waals surface area contributed by atoms with Gasteiger partial charge in [0.15, 0.2) is 0 Å². The largest absolute Gasteiger partial charge is 0.472 e. The lowest BCUT2D eigenvalue weighted by Crippen LogP contribution is -2.23. The van der Waals surface area contributed by atoms with E-state index in [9.17, 15) is 8.42 Å². The van der Waals surface area contributed by atoms with Crippen molar-refractivity contribution < 1.29 is 12.8 Å². The number of hydrogen-bond acceptors (Lipinski definition) is 3. The van der Waals surface area contributed by atoms with Gasteiger partial charge in [-0.05, 0) is 36.2 Å². The van der Waals surface area contributed by atoms with Gasteiger partial charge in [-0.15, -0.1) is 0 Å². The van der Waals surface area contributed by atoms with Crippen molar-refractivity contribution in [2.45, 2.75) is 18.7 Å². The Balaban J connectivity index is 2.43. The van der Waals surface area contributed by atoms with Crippen molar-refractivity contribution in [1.82, 2.24) is 4.72 Å². The maximum absolute atomic E-state index is 11.9. The van der Waals surface area contributed by atoms with Crippen molar-refractivity contribution in [2.24, 2.45) is 0 Å². The van der Waals surface area contributed by atoms with Crippen LogP contribution < -0.4 is 4.72 Å². The number of benzene rings is 1. The van der Waals surface area contributed by atoms with E-state index in [1.807, 2.05) is 13.0 Å². The zero-order valence-corrected chi connectivity index (χ0v) is 11.1. The van der Waals surface area contributed by atoms with Gasteiger partial charge in [0.1, 0.15) is 0 Å². The number of hydrogen-bond donors (Lipinski definition) is 1. The second kappa shape index (κ2) is 4.96. The van der Waals surface area contributed by atoms with Gasteiger partial charge >= 0.3 is 0 Å². The predicted molar refractivity (Wildman–Crippen MR) is 69.7 cm³/mol. The van der Waals surface area contributed by atoms with Crippen molar-refractivity contribution in [2.75, 3.05) is 6.54 Å². The predicted octanol–water partition coefficient (Wildman–Crippen LogP) is 2.55. The first-order valence-corrected chi connectivity index (χ1v) is 7.16. The van der Waals surface area contributed by atoms with Gasteiger partial charge in [0.25, 0.3) is 0 Å². The minimum Gasteiger partial charge on any atom is -0.472 e. The van der Waals surface area contributed by atoms with Crippen LogP contribution in [0, 0.1) is 6.92 Å². The summed E-state index contributed by atoms with van der Waals surface area (Å²) in [5, 5.41) is 0. The molecule has 0 bridgehead atoms. The molecule has 0 unspecified atom stereocenters. The van der Waals surface area contributed by atoms with E-state index in [2.05, 4.69) is 4.72 Å². The molecule has 0 spiro atoms. The van der Waals surface area contributed by atoms with Crippen LogP contribution in [0.5, 0.6) is 0 Å². The Bertz CT molecular complexity index is 630. The van der Waals surface area contributed by atoms with Crippen LogP contribution in [0.3, 0.4) is 0 Å². The molecule has 0 aliphatic rings. The van der Waals surface area contributed by atoms with Gasteiger partial charge in [-0.2, -0.15) is 0 Å². The average Bonchev–Trinajstić information content (AvgIpc) is 2.82. The second-order valence-electron chi connectivity index (χ2n) is 3.99. The smallest absolute Gasteiger partial charge is 0.240 e. The molecule has 96 valence electrons. The number of aryl methyl sites for hydroxylation is 1. The molecular weight excluding hydrogens is 250 g/mol. The Morgan fingerprint density at radius 1 is 1.28 bits per heavy atom. The highest BCUT2D eigenvalue weighted by atomic mass is 32.2. The van der Waals surface area contributed by atoms with Gasteiger partial charge in [-0.25, -0.2) is 13.1 Å². The fourth-order valence-electron chi connectivity index (χ4n) is 1.82. The minimum atomic E-state index is -3.39. The SMILES string of the molecule is CCNS(=O)(=O)c1ccc(-c2ccoc2)c(C)c1. The third-order valence-electron chi connectivity index (χ3n) is 2.67. The summed E-state index contributed by atoms with van der Waals surface area (Å²) in [6, 6.07) is 6.92. The van der Waals surface area contributed by atoms with Crippen molar-refractivity contribution in [3.63, 3.8) is 0 Å². The van der Waals surface area contributed by atoms with E-state index in [0.717, 1.165) is 16.7 Å². The van der Waals surface area contributed by atoms with Crippen molar-refractivity contribution in [3.8, 4) is 11.1 Å². The van der Waals surface area contributed by atoms with E-state index in [0.29, 0.717) is 6.54 Å². The lowest BCUT2D eigenvalue weighted by molar-refractivity contribution is 0.568. The standard InChI is InChI=1S/C13H15NO3S/c1-3-14-18(15,16)12-4-5-13(10(2)8-12)11-6-7-17-9-11/h4-9,14H,3H2,1-2H3. The highest BCUT2D eigenvalue weighted by Crippen LogP contribution is 2.25. The summed E-state index contributed by atoms with van der Waals surface area (Å²) in [4.78, 5) is 0.286. The van der Waals surface area contributed by atoms with E-state index < -0.39 is 10.0 Å². The highest BCUT2D eigenvalue weighted by molar-refractivity contribution is 7.89. The highest BCUT2D eigenvalue weighted by Gasteiger charge is 2.14. The summed E-state index contributed by atoms with van der Waals surface area (Å²) in [6.07, 6.45) is 3.23. The summed E-state index contributed by atoms with van der Waals surface area (Å²) >= 11 is 0. The van der Waals surface area contributed by atoms with Gasteiger partial charge < -0.3 is 4.42 Å². The summed E-state index contributed by atoms with van der Waals surface area (Å²) in [5.41, 5.74) is 2.81. The van der Waals surface area contributed by atoms with Crippen LogP contribution in [0.25, 0.3) is 11.1 Å². The third kappa shape index (κ3) is 2.47. The molecule has 4 nitrogen and oxygen atoms in total. The normalized spacial score (nSPS) is 11.7. The molecule has 0 aliphatic heterocycles. The van der Waals surface area contributed by atoms with Crippen LogP contribution >= 0.6 is 0 Å². The van der Waals surface area contributed by atoms with Crippen LogP contribution in [0.2, 0.25) is 0 Å². The Labute approximate surface area is 107 Å². The molecule has 2 aromatic rings. The maximum atomic E-state index is 11.9. The molecule has 0 fully saturated rings. The Hall–Kier alpha value is -1.59. The van der Waals surface area contributed by atoms with Crippen LogP contribution in [0.15, 0.2) is 46.1 Å². The first-order valence-electron chi connectivity index (χ1n) is 5.67. The molecule has 2 rings (SSSR count). The summed E-state index contributed by atoms with van der Waals surface area (Å²) in [7, 11) is -3.39. The first kappa shape index (κ1) is 12.9. The summed E-state index contributed by atoms with van der Waals surface area (Å²) in [5.74, 6) is 0. The van der Waals surface area contributed by atoms with Gasteiger partial charge in [-0.1, -0.05) is 13.0 Å². The molecule has 0 saturated heterocycles. The van der Waals surface area contributed by atoms with Crippen LogP contribution in [-0.4, -0.2) is 15.0 Å². The number of nitrogens with one attached hydrogen (secondary N) is 1. The van der Waals surface area contributed by atoms with Gasteiger partial charge in [-0.3, -0.25) is 0 Å². The molecular formula is C13H15NO3S. The number of rotatable bonds is 4. The molecule has 0 atom stereocenters. The lowest BCUT2D eigenvalue weighted by Gasteiger charge is -2.08. The molecule has 5 heteroatoms. The maximum Gasteiger partial charge on any atom is 0.240 e. The molecule has 1 heterocycles. The van der Waals surface area contributed by atoms with Crippen LogP contribution in [0.4, 0.5) is 0 Å². The Kier molecular flexibility index (Phi) is 3.54. The topological polar surface area (TPSA) is 59.3 Å². The number of furan rings is 1. The fraction of sp³-hybridized carbons (Fsp3) is 0.231. The molecule has 0 radical (unpaired) electrons. The van der Waals surface area contributed by atoms with Gasteiger partial charge in [0.05, 0.1) is 17.4 Å². The van der Waals surface area contributed by atoms with Gasteiger partial charge in [0.2, 0.25) is 10.0 Å². The van der Waals surface area contributed by atoms with E-state index in [1.165, 1.54) is 0 Å². The van der Waals surface area contributed by atoms with E-state index in [1.54, 1.807) is 37.6 Å². The van der Waals surface area contributed by atoms with Gasteiger partial charge in [0, 0.05) is 12.1 Å². The van der Waals surface area contributed by atoms with E-state index in [-0.39, 0.29) is 4.90 Å². The molecule has 18 heavy (non-hydrogen) atoms. The summed E-state index contributed by atoms with van der Waals surface area (Å²) < 4.78 is 31.2. The minimum absolute atomic E-state index is 0.286. The third-order valence-corrected chi connectivity index (χ3v) is 4.22. The fourth-order valence-corrected chi connectivity index (χ4v) is 2.94. The molecule has 1 aromatic heterocycles. The zero-order chi connectivity index (χ0) is 13.2. The second-order valence-corrected chi connectivity index (χ2v) is 5.76. The number of sulfonamides is 1. The molecule has 0 amide bonds. The van der Waals surface area contributed by atoms with E-state index >= 15 is 0 Å². The molecule has 1 aromatic carbocycles. The van der Waals surface area contributed by atoms with Crippen molar-refractivity contribution in [1.29, 1.82) is 0 Å². The first-order chi connectivity index (χ1) is 8.54. The molecule has 1 N–H and O–H groups in total. The quantitative estimate of drug-likeness (QED) is 0.924. The summed E-state index contributed by atoms with van der Waals surface area (Å²) in [6.45, 7) is 4.02. The zero-order valence-electron chi connectivity index (χ0n) is 10.3. The monoisotopic (exact) mass is 265 g/mol. The van der Waals surface area contributed by atoms with E-state index in [4.69, 9.17) is 4.42 Å². The van der Waals surface area contributed by atoms with Crippen LogP contribution in [0.1, 0.15) is 12.5 Å². The Morgan fingerprint density at radius 3 is 2.61 bits per heavy atom.